The molecule has 1 radical (unpaired) electrons. The van der Waals surface area contributed by atoms with Gasteiger partial charge in [-0.1, -0.05) is 0 Å². The fourth-order valence-electron chi connectivity index (χ4n) is 2.38. The number of hydrogen-bond acceptors (Lipinski definition) is 3. The normalized spacial score (nSPS) is 36.8. The van der Waals surface area contributed by atoms with Crippen LogP contribution in [-0.2, 0) is 0 Å². The molecular formula is C9H17N2S. The Labute approximate surface area is 80.1 Å². The van der Waals surface area contributed by atoms with E-state index in [-0.39, 0.29) is 0 Å². The van der Waals surface area contributed by atoms with Gasteiger partial charge in [-0.25, -0.2) is 0 Å². The summed E-state index contributed by atoms with van der Waals surface area (Å²) in [5.74, 6) is 0.989. The molecule has 0 aromatic rings. The number of nitrogens with one attached hydrogen (secondary N) is 1. The van der Waals surface area contributed by atoms with Crippen LogP contribution in [0.25, 0.3) is 0 Å². The smallest absolute Gasteiger partial charge is 0.0265 e. The fraction of sp³-hybridized carbons (Fsp3) is 0.889. The van der Waals surface area contributed by atoms with Crippen LogP contribution in [0.1, 0.15) is 19.3 Å². The maximum atomic E-state index is 4.29. The van der Waals surface area contributed by atoms with Crippen molar-refractivity contribution in [2.45, 2.75) is 31.3 Å². The lowest BCUT2D eigenvalue weighted by Crippen LogP contribution is -2.48. The molecule has 0 spiro atoms. The van der Waals surface area contributed by atoms with Gasteiger partial charge in [0.2, 0.25) is 0 Å². The van der Waals surface area contributed by atoms with E-state index in [2.05, 4.69) is 29.4 Å². The van der Waals surface area contributed by atoms with Gasteiger partial charge in [0.05, 0.1) is 0 Å². The van der Waals surface area contributed by atoms with Crippen LogP contribution in [0.4, 0.5) is 0 Å². The van der Waals surface area contributed by atoms with Gasteiger partial charge in [0.15, 0.2) is 0 Å². The molecule has 0 aliphatic carbocycles. The van der Waals surface area contributed by atoms with E-state index in [1.54, 1.807) is 0 Å². The Morgan fingerprint density at radius 1 is 1.58 bits per heavy atom. The topological polar surface area (TPSA) is 15.3 Å². The van der Waals surface area contributed by atoms with E-state index in [0.717, 1.165) is 24.4 Å². The first-order chi connectivity index (χ1) is 5.92. The summed E-state index contributed by atoms with van der Waals surface area (Å²) in [5, 5.41) is 3.46. The molecule has 12 heavy (non-hydrogen) atoms. The molecule has 0 bridgehead atoms. The molecule has 3 heteroatoms. The zero-order valence-corrected chi connectivity index (χ0v) is 8.26. The standard InChI is InChI=1S/C9H17N2S/c12-7-6-11-5-1-2-8-9(11)3-4-10-8/h4,8-10,12H,1-3,5-7H2. The SMILES string of the molecule is SCCN1CCCC2N[CH]CC21. The highest BCUT2D eigenvalue weighted by Gasteiger charge is 2.34. The van der Waals surface area contributed by atoms with Crippen molar-refractivity contribution in [2.75, 3.05) is 18.8 Å². The molecule has 2 aliphatic rings. The Morgan fingerprint density at radius 2 is 2.50 bits per heavy atom. The quantitative estimate of drug-likeness (QED) is 0.622. The fourth-order valence-corrected chi connectivity index (χ4v) is 2.64. The second-order valence-corrected chi connectivity index (χ2v) is 4.13. The largest absolute Gasteiger partial charge is 0.308 e. The number of rotatable bonds is 2. The molecule has 0 saturated carbocycles. The Bertz CT molecular complexity index is 149. The number of fused-ring (bicyclic) bond motifs is 1. The molecule has 2 saturated heterocycles. The van der Waals surface area contributed by atoms with Crippen molar-refractivity contribution < 1.29 is 0 Å². The van der Waals surface area contributed by atoms with E-state index in [1.807, 2.05) is 0 Å². The van der Waals surface area contributed by atoms with Gasteiger partial charge in [0.1, 0.15) is 0 Å². The summed E-state index contributed by atoms with van der Waals surface area (Å²) >= 11 is 4.29. The van der Waals surface area contributed by atoms with E-state index in [4.69, 9.17) is 0 Å². The number of likely N-dealkylation sites (tertiary alicyclic amines) is 1. The van der Waals surface area contributed by atoms with Gasteiger partial charge in [-0.05, 0) is 25.8 Å². The first-order valence-electron chi connectivity index (χ1n) is 4.84. The zero-order valence-electron chi connectivity index (χ0n) is 7.37. The first kappa shape index (κ1) is 8.85. The van der Waals surface area contributed by atoms with Crippen molar-refractivity contribution >= 4 is 12.6 Å². The van der Waals surface area contributed by atoms with Crippen LogP contribution >= 0.6 is 12.6 Å². The Hall–Kier alpha value is 0.270. The van der Waals surface area contributed by atoms with Crippen LogP contribution in [0.3, 0.4) is 0 Å². The summed E-state index contributed by atoms with van der Waals surface area (Å²) in [6.45, 7) is 4.66. The summed E-state index contributed by atoms with van der Waals surface area (Å²) in [5.41, 5.74) is 0. The maximum Gasteiger partial charge on any atom is 0.0265 e. The lowest BCUT2D eigenvalue weighted by molar-refractivity contribution is 0.147. The lowest BCUT2D eigenvalue weighted by atomic mass is 9.98. The van der Waals surface area contributed by atoms with Crippen LogP contribution in [0.15, 0.2) is 0 Å². The molecule has 2 unspecified atom stereocenters. The highest BCUT2D eigenvalue weighted by Crippen LogP contribution is 2.25. The molecule has 2 heterocycles. The van der Waals surface area contributed by atoms with Crippen molar-refractivity contribution in [3.8, 4) is 0 Å². The average Bonchev–Trinajstić information content (AvgIpc) is 2.53. The first-order valence-corrected chi connectivity index (χ1v) is 5.47. The van der Waals surface area contributed by atoms with Crippen LogP contribution in [0, 0.1) is 6.54 Å². The minimum atomic E-state index is 0.735. The maximum absolute atomic E-state index is 4.29. The van der Waals surface area contributed by atoms with Gasteiger partial charge in [-0.2, -0.15) is 12.6 Å². The predicted molar refractivity (Wildman–Crippen MR) is 54.3 cm³/mol. The van der Waals surface area contributed by atoms with Gasteiger partial charge in [0, 0.05) is 30.9 Å². The average molecular weight is 185 g/mol. The molecule has 1 N–H and O–H groups in total. The molecule has 0 aromatic carbocycles. The second-order valence-electron chi connectivity index (χ2n) is 3.68. The van der Waals surface area contributed by atoms with E-state index in [1.165, 1.54) is 25.8 Å². The molecule has 2 atom stereocenters. The molecule has 69 valence electrons. The van der Waals surface area contributed by atoms with Crippen molar-refractivity contribution in [1.82, 2.24) is 10.2 Å². The Balaban J connectivity index is 1.94. The monoisotopic (exact) mass is 185 g/mol. The minimum Gasteiger partial charge on any atom is -0.308 e. The molecule has 2 fully saturated rings. The zero-order chi connectivity index (χ0) is 8.39. The van der Waals surface area contributed by atoms with Gasteiger partial charge in [0.25, 0.3) is 0 Å². The highest BCUT2D eigenvalue weighted by molar-refractivity contribution is 7.80. The van der Waals surface area contributed by atoms with Crippen LogP contribution in [0.2, 0.25) is 0 Å². The van der Waals surface area contributed by atoms with E-state index in [0.29, 0.717) is 0 Å². The van der Waals surface area contributed by atoms with Crippen molar-refractivity contribution in [1.29, 1.82) is 0 Å². The van der Waals surface area contributed by atoms with E-state index < -0.39 is 0 Å². The number of thiol groups is 1. The molecule has 0 amide bonds. The molecule has 0 aromatic heterocycles. The Kier molecular flexibility index (Phi) is 2.94. The number of nitrogens with zero attached hydrogens (tertiary/aromatic N) is 1. The summed E-state index contributed by atoms with van der Waals surface area (Å²) in [7, 11) is 0. The van der Waals surface area contributed by atoms with Crippen LogP contribution in [-0.4, -0.2) is 35.8 Å². The third-order valence-corrected chi connectivity index (χ3v) is 3.17. The Morgan fingerprint density at radius 3 is 3.33 bits per heavy atom. The van der Waals surface area contributed by atoms with Crippen LogP contribution < -0.4 is 5.32 Å². The summed E-state index contributed by atoms with van der Waals surface area (Å²) in [6, 6.07) is 1.50. The second kappa shape index (κ2) is 3.99. The minimum absolute atomic E-state index is 0.735. The third kappa shape index (κ3) is 1.63. The molecule has 2 rings (SSSR count). The number of hydrogen-bond donors (Lipinski definition) is 2. The van der Waals surface area contributed by atoms with Crippen LogP contribution in [0.5, 0.6) is 0 Å². The van der Waals surface area contributed by atoms with E-state index >= 15 is 0 Å². The van der Waals surface area contributed by atoms with Gasteiger partial charge in [-0.15, -0.1) is 0 Å². The molecule has 2 aliphatic heterocycles. The molecular weight excluding hydrogens is 168 g/mol. The molecule has 2 nitrogen and oxygen atoms in total. The van der Waals surface area contributed by atoms with Gasteiger partial charge < -0.3 is 5.32 Å². The van der Waals surface area contributed by atoms with Crippen molar-refractivity contribution in [2.24, 2.45) is 0 Å². The third-order valence-electron chi connectivity index (χ3n) is 2.97. The lowest BCUT2D eigenvalue weighted by Gasteiger charge is -2.36. The van der Waals surface area contributed by atoms with Crippen molar-refractivity contribution in [3.63, 3.8) is 0 Å². The summed E-state index contributed by atoms with van der Waals surface area (Å²) < 4.78 is 0. The summed E-state index contributed by atoms with van der Waals surface area (Å²) in [4.78, 5) is 2.58. The van der Waals surface area contributed by atoms with Gasteiger partial charge in [-0.3, -0.25) is 4.90 Å². The van der Waals surface area contributed by atoms with Gasteiger partial charge >= 0.3 is 0 Å². The van der Waals surface area contributed by atoms with Crippen molar-refractivity contribution in [3.05, 3.63) is 6.54 Å². The van der Waals surface area contributed by atoms with E-state index in [9.17, 15) is 0 Å². The summed E-state index contributed by atoms with van der Waals surface area (Å²) in [6.07, 6.45) is 3.92. The highest BCUT2D eigenvalue weighted by atomic mass is 32.1. The predicted octanol–water partition coefficient (Wildman–Crippen LogP) is 0.904. The number of piperidine rings is 1.